The van der Waals surface area contributed by atoms with Gasteiger partial charge in [-0.15, -0.1) is 0 Å². The summed E-state index contributed by atoms with van der Waals surface area (Å²) in [6.45, 7) is 5.63. The van der Waals surface area contributed by atoms with Crippen LogP contribution in [-0.4, -0.2) is 37.1 Å². The van der Waals surface area contributed by atoms with Gasteiger partial charge >= 0.3 is 0 Å². The van der Waals surface area contributed by atoms with Gasteiger partial charge in [0.15, 0.2) is 0 Å². The maximum absolute atomic E-state index is 5.41. The standard InChI is InChI=1S/C22H23N3O/c1-18-15-19(17-25(18)22-5-3-2-4-6-22)16-23-20-7-9-21(10-8-20)24-11-13-26-14-12-24/h2-10,15-17H,11-14H2,1H3. The number of anilines is 1. The fourth-order valence-corrected chi connectivity index (χ4v) is 3.26. The minimum absolute atomic E-state index is 0.803. The molecule has 1 saturated heterocycles. The van der Waals surface area contributed by atoms with Crippen molar-refractivity contribution >= 4 is 17.6 Å². The zero-order valence-corrected chi connectivity index (χ0v) is 15.0. The molecule has 1 aliphatic rings. The van der Waals surface area contributed by atoms with Crippen LogP contribution in [0.15, 0.2) is 71.9 Å². The molecule has 2 heterocycles. The number of aliphatic imine (C=N–C) groups is 1. The van der Waals surface area contributed by atoms with E-state index in [9.17, 15) is 0 Å². The van der Waals surface area contributed by atoms with Crippen LogP contribution in [0.2, 0.25) is 0 Å². The molecule has 1 fully saturated rings. The number of hydrogen-bond acceptors (Lipinski definition) is 3. The van der Waals surface area contributed by atoms with Gasteiger partial charge < -0.3 is 14.2 Å². The van der Waals surface area contributed by atoms with E-state index in [4.69, 9.17) is 4.74 Å². The first-order valence-corrected chi connectivity index (χ1v) is 9.01. The first kappa shape index (κ1) is 16.6. The molecule has 26 heavy (non-hydrogen) atoms. The molecule has 0 saturated carbocycles. The monoisotopic (exact) mass is 345 g/mol. The van der Waals surface area contributed by atoms with Crippen molar-refractivity contribution in [3.63, 3.8) is 0 Å². The van der Waals surface area contributed by atoms with Crippen molar-refractivity contribution < 1.29 is 4.74 Å². The third-order valence-electron chi connectivity index (χ3n) is 4.66. The number of aryl methyl sites for hydroxylation is 1. The summed E-state index contributed by atoms with van der Waals surface area (Å²) in [5.41, 5.74) is 5.66. The van der Waals surface area contributed by atoms with E-state index >= 15 is 0 Å². The number of nitrogens with zero attached hydrogens (tertiary/aromatic N) is 3. The Morgan fingerprint density at radius 2 is 1.65 bits per heavy atom. The highest BCUT2D eigenvalue weighted by Gasteiger charge is 2.10. The van der Waals surface area contributed by atoms with Gasteiger partial charge in [0, 0.05) is 48.1 Å². The Morgan fingerprint density at radius 3 is 2.38 bits per heavy atom. The zero-order chi connectivity index (χ0) is 17.8. The molecule has 2 aromatic carbocycles. The lowest BCUT2D eigenvalue weighted by Crippen LogP contribution is -2.36. The van der Waals surface area contributed by atoms with Crippen molar-refractivity contribution in [2.75, 3.05) is 31.2 Å². The molecule has 4 nitrogen and oxygen atoms in total. The van der Waals surface area contributed by atoms with Crippen LogP contribution in [0.5, 0.6) is 0 Å². The predicted molar refractivity (Wildman–Crippen MR) is 107 cm³/mol. The molecular weight excluding hydrogens is 322 g/mol. The molecule has 132 valence electrons. The Hall–Kier alpha value is -2.85. The predicted octanol–water partition coefficient (Wildman–Crippen LogP) is 4.37. The third kappa shape index (κ3) is 3.70. The van der Waals surface area contributed by atoms with E-state index in [1.54, 1.807) is 0 Å². The highest BCUT2D eigenvalue weighted by atomic mass is 16.5. The Morgan fingerprint density at radius 1 is 0.923 bits per heavy atom. The van der Waals surface area contributed by atoms with Gasteiger partial charge in [0.25, 0.3) is 0 Å². The second-order valence-electron chi connectivity index (χ2n) is 6.49. The minimum Gasteiger partial charge on any atom is -0.378 e. The first-order chi connectivity index (χ1) is 12.8. The lowest BCUT2D eigenvalue weighted by molar-refractivity contribution is 0.122. The van der Waals surface area contributed by atoms with E-state index in [-0.39, 0.29) is 0 Å². The lowest BCUT2D eigenvalue weighted by Gasteiger charge is -2.28. The van der Waals surface area contributed by atoms with E-state index in [0.29, 0.717) is 0 Å². The number of benzene rings is 2. The number of morpholine rings is 1. The maximum atomic E-state index is 5.41. The molecule has 0 unspecified atom stereocenters. The van der Waals surface area contributed by atoms with Crippen LogP contribution in [0.4, 0.5) is 11.4 Å². The van der Waals surface area contributed by atoms with E-state index in [1.165, 1.54) is 17.1 Å². The fraction of sp³-hybridized carbons (Fsp3) is 0.227. The molecule has 0 radical (unpaired) electrons. The normalized spacial score (nSPS) is 14.9. The van der Waals surface area contributed by atoms with Gasteiger partial charge in [-0.3, -0.25) is 4.99 Å². The summed E-state index contributed by atoms with van der Waals surface area (Å²) >= 11 is 0. The van der Waals surface area contributed by atoms with Crippen LogP contribution in [0, 0.1) is 6.92 Å². The summed E-state index contributed by atoms with van der Waals surface area (Å²) in [7, 11) is 0. The first-order valence-electron chi connectivity index (χ1n) is 9.01. The van der Waals surface area contributed by atoms with Crippen molar-refractivity contribution in [3.05, 3.63) is 78.1 Å². The van der Waals surface area contributed by atoms with Crippen molar-refractivity contribution in [1.29, 1.82) is 0 Å². The number of hydrogen-bond donors (Lipinski definition) is 0. The summed E-state index contributed by atoms with van der Waals surface area (Å²) in [6, 6.07) is 20.9. The third-order valence-corrected chi connectivity index (χ3v) is 4.66. The Bertz CT molecular complexity index is 876. The van der Waals surface area contributed by atoms with Gasteiger partial charge in [0.1, 0.15) is 0 Å². The fourth-order valence-electron chi connectivity index (χ4n) is 3.26. The molecule has 1 aliphatic heterocycles. The van der Waals surface area contributed by atoms with Crippen molar-refractivity contribution in [1.82, 2.24) is 4.57 Å². The number of ether oxygens (including phenoxy) is 1. The van der Waals surface area contributed by atoms with Crippen molar-refractivity contribution in [2.45, 2.75) is 6.92 Å². The summed E-state index contributed by atoms with van der Waals surface area (Å²) in [4.78, 5) is 6.98. The van der Waals surface area contributed by atoms with Crippen LogP contribution in [0.25, 0.3) is 5.69 Å². The van der Waals surface area contributed by atoms with E-state index in [1.807, 2.05) is 12.3 Å². The summed E-state index contributed by atoms with van der Waals surface area (Å²) in [5, 5.41) is 0. The van der Waals surface area contributed by atoms with Gasteiger partial charge in [-0.25, -0.2) is 0 Å². The van der Waals surface area contributed by atoms with Crippen molar-refractivity contribution in [2.24, 2.45) is 4.99 Å². The van der Waals surface area contributed by atoms with Crippen molar-refractivity contribution in [3.8, 4) is 5.69 Å². The number of para-hydroxylation sites is 1. The molecule has 1 aromatic heterocycles. The zero-order valence-electron chi connectivity index (χ0n) is 15.0. The molecule has 0 atom stereocenters. The van der Waals surface area contributed by atoms with Gasteiger partial charge in [0.2, 0.25) is 0 Å². The molecule has 0 aliphatic carbocycles. The molecule has 4 rings (SSSR count). The van der Waals surface area contributed by atoms with Gasteiger partial charge in [-0.1, -0.05) is 18.2 Å². The lowest BCUT2D eigenvalue weighted by atomic mass is 10.2. The molecule has 0 spiro atoms. The Kier molecular flexibility index (Phi) is 4.84. The molecule has 4 heteroatoms. The van der Waals surface area contributed by atoms with Crippen LogP contribution in [0.1, 0.15) is 11.3 Å². The molecule has 0 amide bonds. The molecule has 0 N–H and O–H groups in total. The second-order valence-corrected chi connectivity index (χ2v) is 6.49. The van der Waals surface area contributed by atoms with Gasteiger partial charge in [0.05, 0.1) is 18.9 Å². The van der Waals surface area contributed by atoms with Crippen LogP contribution in [-0.2, 0) is 4.74 Å². The average molecular weight is 345 g/mol. The summed E-state index contributed by atoms with van der Waals surface area (Å²) in [6.07, 6.45) is 4.05. The summed E-state index contributed by atoms with van der Waals surface area (Å²) in [5.74, 6) is 0. The molecule has 3 aromatic rings. The molecule has 0 bridgehead atoms. The van der Waals surface area contributed by atoms with E-state index in [2.05, 4.69) is 82.2 Å². The average Bonchev–Trinajstić information content (AvgIpc) is 3.09. The smallest absolute Gasteiger partial charge is 0.0642 e. The van der Waals surface area contributed by atoms with Crippen LogP contribution in [0.3, 0.4) is 0 Å². The largest absolute Gasteiger partial charge is 0.378 e. The second kappa shape index (κ2) is 7.58. The number of rotatable bonds is 4. The van der Waals surface area contributed by atoms with Crippen LogP contribution >= 0.6 is 0 Å². The summed E-state index contributed by atoms with van der Waals surface area (Å²) < 4.78 is 7.59. The van der Waals surface area contributed by atoms with Gasteiger partial charge in [-0.05, 0) is 49.4 Å². The SMILES string of the molecule is Cc1cc(C=Nc2ccc(N3CCOCC3)cc2)cn1-c1ccccc1. The van der Waals surface area contributed by atoms with Gasteiger partial charge in [-0.2, -0.15) is 0 Å². The Labute approximate surface area is 154 Å². The Balaban J connectivity index is 1.48. The van der Waals surface area contributed by atoms with E-state index in [0.717, 1.165) is 37.6 Å². The van der Waals surface area contributed by atoms with Crippen LogP contribution < -0.4 is 4.90 Å². The van der Waals surface area contributed by atoms with E-state index < -0.39 is 0 Å². The topological polar surface area (TPSA) is 29.8 Å². The maximum Gasteiger partial charge on any atom is 0.0642 e. The quantitative estimate of drug-likeness (QED) is 0.657. The highest BCUT2D eigenvalue weighted by molar-refractivity contribution is 5.82. The molecular formula is C22H23N3O. The minimum atomic E-state index is 0.803. The highest BCUT2D eigenvalue weighted by Crippen LogP contribution is 2.21. The number of aromatic nitrogens is 1.